The fourth-order valence-corrected chi connectivity index (χ4v) is 3.45. The molecule has 3 rings (SSSR count). The summed E-state index contributed by atoms with van der Waals surface area (Å²) < 4.78 is 5.57. The van der Waals surface area contributed by atoms with Gasteiger partial charge in [0.05, 0.1) is 5.69 Å². The van der Waals surface area contributed by atoms with Gasteiger partial charge in [-0.25, -0.2) is 4.98 Å². The molecule has 28 heavy (non-hydrogen) atoms. The Morgan fingerprint density at radius 3 is 2.36 bits per heavy atom. The summed E-state index contributed by atoms with van der Waals surface area (Å²) in [6.45, 7) is 5.36. The second kappa shape index (κ2) is 8.67. The highest BCUT2D eigenvalue weighted by molar-refractivity contribution is 7.14. The van der Waals surface area contributed by atoms with E-state index < -0.39 is 0 Å². The number of nitrogens with zero attached hydrogens (tertiary/aromatic N) is 1. The van der Waals surface area contributed by atoms with Gasteiger partial charge in [-0.1, -0.05) is 18.2 Å². The Hall–Kier alpha value is -3.19. The van der Waals surface area contributed by atoms with Gasteiger partial charge in [0.25, 0.3) is 5.91 Å². The highest BCUT2D eigenvalue weighted by Crippen LogP contribution is 2.26. The molecule has 0 aliphatic rings. The first-order valence-electron chi connectivity index (χ1n) is 8.73. The lowest BCUT2D eigenvalue weighted by Crippen LogP contribution is -2.20. The summed E-state index contributed by atoms with van der Waals surface area (Å²) in [4.78, 5) is 27.7. The maximum atomic E-state index is 12.1. The zero-order valence-corrected chi connectivity index (χ0v) is 16.7. The van der Waals surface area contributed by atoms with Crippen LogP contribution >= 0.6 is 11.3 Å². The van der Waals surface area contributed by atoms with Crippen LogP contribution in [0.2, 0.25) is 0 Å². The van der Waals surface area contributed by atoms with Gasteiger partial charge in [-0.05, 0) is 49.2 Å². The minimum atomic E-state index is -0.263. The van der Waals surface area contributed by atoms with Crippen LogP contribution in [0.1, 0.15) is 18.1 Å². The van der Waals surface area contributed by atoms with E-state index in [0.29, 0.717) is 10.9 Å². The zero-order valence-electron chi connectivity index (χ0n) is 15.9. The van der Waals surface area contributed by atoms with Gasteiger partial charge in [0, 0.05) is 23.6 Å². The summed E-state index contributed by atoms with van der Waals surface area (Å²) in [5.41, 5.74) is 4.56. The van der Waals surface area contributed by atoms with Gasteiger partial charge in [0.1, 0.15) is 5.75 Å². The number of aromatic nitrogens is 1. The molecule has 0 fully saturated rings. The van der Waals surface area contributed by atoms with Crippen molar-refractivity contribution in [3.63, 3.8) is 0 Å². The molecule has 2 aromatic carbocycles. The number of anilines is 2. The van der Waals surface area contributed by atoms with Gasteiger partial charge >= 0.3 is 0 Å². The third-order valence-electron chi connectivity index (χ3n) is 3.82. The molecule has 0 aliphatic heterocycles. The minimum Gasteiger partial charge on any atom is -0.484 e. The number of thiazole rings is 1. The van der Waals surface area contributed by atoms with Crippen molar-refractivity contribution in [1.29, 1.82) is 0 Å². The van der Waals surface area contributed by atoms with Crippen LogP contribution in [-0.4, -0.2) is 23.4 Å². The average Bonchev–Trinajstić information content (AvgIpc) is 3.08. The first-order valence-corrected chi connectivity index (χ1v) is 9.61. The topological polar surface area (TPSA) is 80.3 Å². The number of carbonyl (C=O) groups is 2. The molecule has 3 aromatic rings. The number of benzene rings is 2. The fraction of sp³-hybridized carbons (Fsp3) is 0.190. The number of rotatable bonds is 6. The predicted molar refractivity (Wildman–Crippen MR) is 112 cm³/mol. The molecule has 7 heteroatoms. The molecule has 6 nitrogen and oxygen atoms in total. The molecule has 0 saturated carbocycles. The summed E-state index contributed by atoms with van der Waals surface area (Å²) >= 11 is 1.35. The third kappa shape index (κ3) is 5.40. The Morgan fingerprint density at radius 2 is 1.71 bits per heavy atom. The van der Waals surface area contributed by atoms with E-state index >= 15 is 0 Å². The van der Waals surface area contributed by atoms with Crippen molar-refractivity contribution < 1.29 is 14.3 Å². The van der Waals surface area contributed by atoms with Crippen molar-refractivity contribution in [3.05, 3.63) is 59.0 Å². The zero-order chi connectivity index (χ0) is 20.1. The number of hydrogen-bond acceptors (Lipinski definition) is 5. The van der Waals surface area contributed by atoms with E-state index in [1.807, 2.05) is 61.7 Å². The smallest absolute Gasteiger partial charge is 0.264 e. The second-order valence-corrected chi connectivity index (χ2v) is 7.31. The van der Waals surface area contributed by atoms with Crippen molar-refractivity contribution >= 4 is 34.0 Å². The molecule has 0 bridgehead atoms. The van der Waals surface area contributed by atoms with Crippen molar-refractivity contribution in [1.82, 2.24) is 4.98 Å². The van der Waals surface area contributed by atoms with Crippen LogP contribution in [0.4, 0.5) is 10.8 Å². The molecule has 2 N–H and O–H groups in total. The van der Waals surface area contributed by atoms with E-state index in [2.05, 4.69) is 15.6 Å². The lowest BCUT2D eigenvalue weighted by Gasteiger charge is -2.07. The lowest BCUT2D eigenvalue weighted by atomic mass is 10.1. The van der Waals surface area contributed by atoms with Crippen molar-refractivity contribution in [2.24, 2.45) is 0 Å². The Bertz CT molecular complexity index is 976. The number of nitrogens with one attached hydrogen (secondary N) is 2. The van der Waals surface area contributed by atoms with Gasteiger partial charge in [-0.3, -0.25) is 14.9 Å². The van der Waals surface area contributed by atoms with E-state index in [9.17, 15) is 9.59 Å². The molecular weight excluding hydrogens is 374 g/mol. The lowest BCUT2D eigenvalue weighted by molar-refractivity contribution is -0.118. The summed E-state index contributed by atoms with van der Waals surface area (Å²) in [6.07, 6.45) is 0. The molecule has 0 atom stereocenters. The minimum absolute atomic E-state index is 0.0801. The summed E-state index contributed by atoms with van der Waals surface area (Å²) in [5.74, 6) is 0.294. The van der Waals surface area contributed by atoms with Crippen molar-refractivity contribution in [3.8, 4) is 17.0 Å². The van der Waals surface area contributed by atoms with E-state index in [1.54, 1.807) is 0 Å². The van der Waals surface area contributed by atoms with E-state index in [4.69, 9.17) is 4.74 Å². The third-order valence-corrected chi connectivity index (χ3v) is 4.57. The van der Waals surface area contributed by atoms with Gasteiger partial charge in [0.2, 0.25) is 5.91 Å². The average molecular weight is 395 g/mol. The fourth-order valence-electron chi connectivity index (χ4n) is 2.71. The van der Waals surface area contributed by atoms with Crippen molar-refractivity contribution in [2.45, 2.75) is 20.8 Å². The number of amides is 2. The molecule has 0 unspecified atom stereocenters. The maximum Gasteiger partial charge on any atom is 0.264 e. The van der Waals surface area contributed by atoms with Gasteiger partial charge in [-0.2, -0.15) is 0 Å². The van der Waals surface area contributed by atoms with Crippen LogP contribution in [0, 0.1) is 13.8 Å². The largest absolute Gasteiger partial charge is 0.484 e. The highest BCUT2D eigenvalue weighted by Gasteiger charge is 2.09. The number of ether oxygens (including phenoxy) is 1. The SMILES string of the molecule is CC(=O)Nc1ccc(-c2csc(NC(=O)COc3cc(C)cc(C)c3)n2)cc1. The molecule has 0 spiro atoms. The molecular formula is C21H21N3O3S. The number of carbonyl (C=O) groups excluding carboxylic acids is 2. The van der Waals surface area contributed by atoms with Crippen LogP contribution in [0.15, 0.2) is 47.8 Å². The maximum absolute atomic E-state index is 12.1. The van der Waals surface area contributed by atoms with Crippen LogP contribution in [0.3, 0.4) is 0 Å². The Kier molecular flexibility index (Phi) is 6.06. The van der Waals surface area contributed by atoms with Crippen LogP contribution in [0.25, 0.3) is 11.3 Å². The Labute approximate surface area is 167 Å². The molecule has 1 heterocycles. The first-order chi connectivity index (χ1) is 13.4. The first kappa shape index (κ1) is 19.6. The Balaban J connectivity index is 1.57. The molecule has 144 valence electrons. The number of hydrogen-bond donors (Lipinski definition) is 2. The summed E-state index contributed by atoms with van der Waals surface area (Å²) in [7, 11) is 0. The van der Waals surface area contributed by atoms with Crippen LogP contribution < -0.4 is 15.4 Å². The highest BCUT2D eigenvalue weighted by atomic mass is 32.1. The Morgan fingerprint density at radius 1 is 1.04 bits per heavy atom. The molecule has 0 radical (unpaired) electrons. The summed E-state index contributed by atoms with van der Waals surface area (Å²) in [6, 6.07) is 13.2. The van der Waals surface area contributed by atoms with E-state index in [0.717, 1.165) is 28.1 Å². The van der Waals surface area contributed by atoms with Gasteiger partial charge in [-0.15, -0.1) is 11.3 Å². The van der Waals surface area contributed by atoms with Gasteiger partial charge in [0.15, 0.2) is 11.7 Å². The van der Waals surface area contributed by atoms with Crippen LogP contribution in [-0.2, 0) is 9.59 Å². The predicted octanol–water partition coefficient (Wildman–Crippen LogP) is 4.40. The molecule has 0 aliphatic carbocycles. The second-order valence-electron chi connectivity index (χ2n) is 6.46. The quantitative estimate of drug-likeness (QED) is 0.648. The van der Waals surface area contributed by atoms with Gasteiger partial charge < -0.3 is 10.1 Å². The number of aryl methyl sites for hydroxylation is 2. The monoisotopic (exact) mass is 395 g/mol. The summed E-state index contributed by atoms with van der Waals surface area (Å²) in [5, 5.41) is 7.86. The standard InChI is InChI=1S/C21H21N3O3S/c1-13-8-14(2)10-18(9-13)27-11-20(26)24-21-23-19(12-28-21)16-4-6-17(7-5-16)22-15(3)25/h4-10,12H,11H2,1-3H3,(H,22,25)(H,23,24,26). The van der Waals surface area contributed by atoms with E-state index in [1.165, 1.54) is 18.3 Å². The molecule has 0 saturated heterocycles. The van der Waals surface area contributed by atoms with E-state index in [-0.39, 0.29) is 18.4 Å². The van der Waals surface area contributed by atoms with Crippen LogP contribution in [0.5, 0.6) is 5.75 Å². The normalized spacial score (nSPS) is 10.4. The van der Waals surface area contributed by atoms with Crippen molar-refractivity contribution in [2.75, 3.05) is 17.2 Å². The molecule has 2 amide bonds. The molecule has 1 aromatic heterocycles.